The van der Waals surface area contributed by atoms with Crippen molar-refractivity contribution in [1.82, 2.24) is 20.5 Å². The fourth-order valence-electron chi connectivity index (χ4n) is 2.85. The molecule has 114 valence electrons. The summed E-state index contributed by atoms with van der Waals surface area (Å²) in [7, 11) is 0. The first-order chi connectivity index (χ1) is 10.2. The molecule has 6 nitrogen and oxygen atoms in total. The van der Waals surface area contributed by atoms with Crippen LogP contribution in [0.4, 0.5) is 4.79 Å². The van der Waals surface area contributed by atoms with Crippen molar-refractivity contribution in [3.05, 3.63) is 15.6 Å². The molecule has 1 aromatic heterocycles. The third-order valence-electron chi connectivity index (χ3n) is 3.96. The van der Waals surface area contributed by atoms with Crippen LogP contribution in [0.25, 0.3) is 0 Å². The lowest BCUT2D eigenvalue weighted by atomic mass is 9.98. The molecular formula is C14H20N4O2S. The first-order valence-electron chi connectivity index (χ1n) is 7.49. The van der Waals surface area contributed by atoms with Crippen LogP contribution in [0.2, 0.25) is 0 Å². The van der Waals surface area contributed by atoms with E-state index >= 15 is 0 Å². The van der Waals surface area contributed by atoms with Gasteiger partial charge >= 0.3 is 6.03 Å². The lowest BCUT2D eigenvalue weighted by Crippen LogP contribution is -2.38. The molecule has 1 fully saturated rings. The van der Waals surface area contributed by atoms with E-state index in [-0.39, 0.29) is 18.5 Å². The zero-order chi connectivity index (χ0) is 14.8. The van der Waals surface area contributed by atoms with Crippen LogP contribution in [0.1, 0.15) is 41.4 Å². The van der Waals surface area contributed by atoms with E-state index < -0.39 is 0 Å². The van der Waals surface area contributed by atoms with E-state index in [2.05, 4.69) is 22.5 Å². The van der Waals surface area contributed by atoms with Gasteiger partial charge in [0.25, 0.3) is 0 Å². The highest BCUT2D eigenvalue weighted by Crippen LogP contribution is 2.34. The molecule has 1 atom stereocenters. The Labute approximate surface area is 127 Å². The number of rotatable bonds is 5. The second-order valence-electron chi connectivity index (χ2n) is 5.38. The fraction of sp³-hybridized carbons (Fsp3) is 0.643. The molecule has 0 bridgehead atoms. The van der Waals surface area contributed by atoms with Gasteiger partial charge in [-0.1, -0.05) is 6.92 Å². The number of aryl methyl sites for hydroxylation is 2. The second kappa shape index (κ2) is 6.11. The first-order valence-corrected chi connectivity index (χ1v) is 8.30. The van der Waals surface area contributed by atoms with E-state index in [1.807, 2.05) is 0 Å². The number of amides is 3. The second-order valence-corrected chi connectivity index (χ2v) is 6.49. The Morgan fingerprint density at radius 2 is 2.33 bits per heavy atom. The molecule has 2 aliphatic rings. The molecule has 0 saturated carbocycles. The predicted octanol–water partition coefficient (Wildman–Crippen LogP) is 1.22. The zero-order valence-electron chi connectivity index (χ0n) is 12.1. The van der Waals surface area contributed by atoms with E-state index in [9.17, 15) is 9.59 Å². The smallest absolute Gasteiger partial charge is 0.324 e. The van der Waals surface area contributed by atoms with Crippen LogP contribution in [0.15, 0.2) is 0 Å². The number of hydrogen-bond acceptors (Lipinski definition) is 5. The molecule has 3 amide bonds. The molecule has 0 aromatic carbocycles. The van der Waals surface area contributed by atoms with Crippen LogP contribution >= 0.6 is 11.3 Å². The normalized spacial score (nSPS) is 21.6. The summed E-state index contributed by atoms with van der Waals surface area (Å²) in [5.41, 5.74) is 1.23. The van der Waals surface area contributed by atoms with Crippen LogP contribution in [0.5, 0.6) is 0 Å². The van der Waals surface area contributed by atoms with Gasteiger partial charge in [0, 0.05) is 24.0 Å². The summed E-state index contributed by atoms with van der Waals surface area (Å²) in [6.07, 6.45) is 4.28. The summed E-state index contributed by atoms with van der Waals surface area (Å²) in [5.74, 6) is -0.141. The first kappa shape index (κ1) is 14.5. The Morgan fingerprint density at radius 1 is 1.48 bits per heavy atom. The molecule has 1 aliphatic heterocycles. The van der Waals surface area contributed by atoms with Crippen LogP contribution in [-0.2, 0) is 17.6 Å². The van der Waals surface area contributed by atoms with E-state index in [4.69, 9.17) is 0 Å². The maximum absolute atomic E-state index is 11.5. The average Bonchev–Trinajstić information content (AvgIpc) is 3.05. The maximum atomic E-state index is 11.5. The number of imide groups is 1. The zero-order valence-corrected chi connectivity index (χ0v) is 13.0. The molecule has 3 rings (SSSR count). The van der Waals surface area contributed by atoms with E-state index in [1.165, 1.54) is 20.5 Å². The van der Waals surface area contributed by atoms with Gasteiger partial charge in [0.15, 0.2) is 0 Å². The van der Waals surface area contributed by atoms with Crippen molar-refractivity contribution in [3.63, 3.8) is 0 Å². The number of carbonyl (C=O) groups is 2. The van der Waals surface area contributed by atoms with Gasteiger partial charge < -0.3 is 10.6 Å². The van der Waals surface area contributed by atoms with Crippen molar-refractivity contribution in [1.29, 1.82) is 0 Å². The molecule has 1 aromatic rings. The Kier molecular flexibility index (Phi) is 4.21. The SMILES string of the molecule is CCc1nc2c(s1)[C@H](NCCN1C(=O)CNC1=O)CCC2. The van der Waals surface area contributed by atoms with Crippen LogP contribution in [0.3, 0.4) is 0 Å². The predicted molar refractivity (Wildman–Crippen MR) is 80.3 cm³/mol. The summed E-state index contributed by atoms with van der Waals surface area (Å²) in [5, 5.41) is 7.21. The highest BCUT2D eigenvalue weighted by atomic mass is 32.1. The van der Waals surface area contributed by atoms with Gasteiger partial charge in [0.2, 0.25) is 5.91 Å². The quantitative estimate of drug-likeness (QED) is 0.802. The summed E-state index contributed by atoms with van der Waals surface area (Å²) in [6, 6.07) is 0.0320. The van der Waals surface area contributed by atoms with E-state index in [0.29, 0.717) is 19.1 Å². The summed E-state index contributed by atoms with van der Waals surface area (Å²) in [4.78, 5) is 30.3. The number of hydrogen-bond donors (Lipinski definition) is 2. The highest BCUT2D eigenvalue weighted by molar-refractivity contribution is 7.11. The van der Waals surface area contributed by atoms with Gasteiger partial charge in [-0.25, -0.2) is 9.78 Å². The molecule has 2 heterocycles. The Morgan fingerprint density at radius 3 is 3.05 bits per heavy atom. The van der Waals surface area contributed by atoms with Gasteiger partial charge in [-0.05, 0) is 25.7 Å². The van der Waals surface area contributed by atoms with Gasteiger partial charge in [0.1, 0.15) is 0 Å². The highest BCUT2D eigenvalue weighted by Gasteiger charge is 2.29. The molecule has 0 spiro atoms. The van der Waals surface area contributed by atoms with Crippen LogP contribution in [-0.4, -0.2) is 41.5 Å². The summed E-state index contributed by atoms with van der Waals surface area (Å²) >= 11 is 1.79. The fourth-order valence-corrected chi connectivity index (χ4v) is 4.01. The van der Waals surface area contributed by atoms with Crippen molar-refractivity contribution in [2.45, 2.75) is 38.6 Å². The minimum atomic E-state index is -0.280. The third-order valence-corrected chi connectivity index (χ3v) is 5.32. The molecule has 1 saturated heterocycles. The molecule has 0 unspecified atom stereocenters. The molecule has 0 radical (unpaired) electrons. The number of fused-ring (bicyclic) bond motifs is 1. The number of nitrogens with zero attached hydrogens (tertiary/aromatic N) is 2. The van der Waals surface area contributed by atoms with Crippen LogP contribution < -0.4 is 10.6 Å². The van der Waals surface area contributed by atoms with Gasteiger partial charge in [-0.15, -0.1) is 11.3 Å². The van der Waals surface area contributed by atoms with Gasteiger partial charge in [0.05, 0.1) is 17.2 Å². The number of thiazole rings is 1. The number of nitrogens with one attached hydrogen (secondary N) is 2. The Hall–Kier alpha value is -1.47. The molecular weight excluding hydrogens is 288 g/mol. The number of urea groups is 1. The lowest BCUT2D eigenvalue weighted by Gasteiger charge is -2.23. The standard InChI is InChI=1S/C14H20N4O2S/c1-2-11-17-10-5-3-4-9(13(10)21-11)15-6-7-18-12(19)8-16-14(18)20/h9,15H,2-8H2,1H3,(H,16,20)/t9-/m1/s1. The van der Waals surface area contributed by atoms with Crippen molar-refractivity contribution in [2.75, 3.05) is 19.6 Å². The maximum Gasteiger partial charge on any atom is 0.324 e. The Balaban J connectivity index is 1.58. The third kappa shape index (κ3) is 2.94. The number of aromatic nitrogens is 1. The minimum Gasteiger partial charge on any atom is -0.329 e. The Bertz CT molecular complexity index is 541. The van der Waals surface area contributed by atoms with E-state index in [0.717, 1.165) is 25.7 Å². The van der Waals surface area contributed by atoms with Crippen molar-refractivity contribution < 1.29 is 9.59 Å². The van der Waals surface area contributed by atoms with Crippen molar-refractivity contribution in [3.8, 4) is 0 Å². The number of carbonyl (C=O) groups excluding carboxylic acids is 2. The lowest BCUT2D eigenvalue weighted by molar-refractivity contribution is -0.124. The average molecular weight is 308 g/mol. The summed E-state index contributed by atoms with van der Waals surface area (Å²) < 4.78 is 0. The van der Waals surface area contributed by atoms with Gasteiger partial charge in [-0.3, -0.25) is 9.69 Å². The minimum absolute atomic E-state index is 0.126. The van der Waals surface area contributed by atoms with Crippen LogP contribution in [0, 0.1) is 0 Å². The van der Waals surface area contributed by atoms with Gasteiger partial charge in [-0.2, -0.15) is 0 Å². The van der Waals surface area contributed by atoms with E-state index in [1.54, 1.807) is 11.3 Å². The summed E-state index contributed by atoms with van der Waals surface area (Å²) in [6.45, 7) is 3.31. The molecule has 7 heteroatoms. The molecule has 2 N–H and O–H groups in total. The van der Waals surface area contributed by atoms with Crippen molar-refractivity contribution >= 4 is 23.3 Å². The molecule has 21 heavy (non-hydrogen) atoms. The topological polar surface area (TPSA) is 74.3 Å². The molecule has 1 aliphatic carbocycles. The monoisotopic (exact) mass is 308 g/mol. The largest absolute Gasteiger partial charge is 0.329 e. The van der Waals surface area contributed by atoms with Crippen molar-refractivity contribution in [2.24, 2.45) is 0 Å².